The van der Waals surface area contributed by atoms with Gasteiger partial charge >= 0.3 is 0 Å². The van der Waals surface area contributed by atoms with Crippen LogP contribution in [0.1, 0.15) is 46.0 Å². The Balaban J connectivity index is 3.71. The van der Waals surface area contributed by atoms with Gasteiger partial charge in [-0.1, -0.05) is 13.3 Å². The van der Waals surface area contributed by atoms with Crippen molar-refractivity contribution in [3.63, 3.8) is 0 Å². The standard InChI is InChI=1S/C11H23N3O/c1-3-4-8-14(13)9-11(12)7-5-6-10(2)15/h9H,3-8,12-13H2,1-2H3/b11-9-. The average molecular weight is 213 g/mol. The summed E-state index contributed by atoms with van der Waals surface area (Å²) in [7, 11) is 0. The molecule has 4 heteroatoms. The molecule has 0 bridgehead atoms. The van der Waals surface area contributed by atoms with Gasteiger partial charge in [0.1, 0.15) is 5.78 Å². The predicted octanol–water partition coefficient (Wildman–Crippen LogP) is 1.52. The maximum atomic E-state index is 10.7. The van der Waals surface area contributed by atoms with E-state index in [1.165, 1.54) is 0 Å². The third-order valence-electron chi connectivity index (χ3n) is 2.10. The Labute approximate surface area is 92.3 Å². The van der Waals surface area contributed by atoms with Crippen LogP contribution in [0.2, 0.25) is 0 Å². The Hall–Kier alpha value is -1.03. The van der Waals surface area contributed by atoms with Gasteiger partial charge in [-0.2, -0.15) is 0 Å². The minimum atomic E-state index is 0.207. The van der Waals surface area contributed by atoms with Crippen LogP contribution in [0.3, 0.4) is 0 Å². The highest BCUT2D eigenvalue weighted by Gasteiger charge is 1.97. The molecule has 15 heavy (non-hydrogen) atoms. The molecule has 0 aliphatic carbocycles. The van der Waals surface area contributed by atoms with Crippen LogP contribution in [0.5, 0.6) is 0 Å². The van der Waals surface area contributed by atoms with E-state index in [4.69, 9.17) is 11.6 Å². The van der Waals surface area contributed by atoms with Crippen molar-refractivity contribution >= 4 is 5.78 Å². The second kappa shape index (κ2) is 8.29. The van der Waals surface area contributed by atoms with Crippen LogP contribution in [-0.2, 0) is 4.79 Å². The summed E-state index contributed by atoms with van der Waals surface area (Å²) in [5.41, 5.74) is 6.51. The number of rotatable bonds is 8. The maximum absolute atomic E-state index is 10.7. The molecule has 0 unspecified atom stereocenters. The molecule has 4 N–H and O–H groups in total. The lowest BCUT2D eigenvalue weighted by molar-refractivity contribution is -0.117. The lowest BCUT2D eigenvalue weighted by Crippen LogP contribution is -2.27. The van der Waals surface area contributed by atoms with Crippen molar-refractivity contribution < 1.29 is 4.79 Å². The van der Waals surface area contributed by atoms with Crippen molar-refractivity contribution in [1.29, 1.82) is 0 Å². The quantitative estimate of drug-likeness (QED) is 0.473. The van der Waals surface area contributed by atoms with Gasteiger partial charge in [-0.05, 0) is 26.2 Å². The smallest absolute Gasteiger partial charge is 0.129 e. The Bertz CT molecular complexity index is 214. The first-order chi connectivity index (χ1) is 7.06. The highest BCUT2D eigenvalue weighted by atomic mass is 16.1. The van der Waals surface area contributed by atoms with Gasteiger partial charge in [-0.15, -0.1) is 0 Å². The summed E-state index contributed by atoms with van der Waals surface area (Å²) in [6.07, 6.45) is 6.07. The van der Waals surface area contributed by atoms with E-state index in [0.717, 1.165) is 37.9 Å². The first kappa shape index (κ1) is 14.0. The van der Waals surface area contributed by atoms with Gasteiger partial charge in [0.15, 0.2) is 0 Å². The number of Topliss-reactive ketones (excluding diaryl/α,β-unsaturated/α-hetero) is 1. The number of carbonyl (C=O) groups is 1. The van der Waals surface area contributed by atoms with Gasteiger partial charge in [0.05, 0.1) is 0 Å². The molecule has 0 aliphatic rings. The van der Waals surface area contributed by atoms with E-state index < -0.39 is 0 Å². The fourth-order valence-electron chi connectivity index (χ4n) is 1.22. The molecular weight excluding hydrogens is 190 g/mol. The molecule has 0 aromatic heterocycles. The first-order valence-electron chi connectivity index (χ1n) is 5.53. The number of hydrazine groups is 1. The number of nitrogens with zero attached hydrogens (tertiary/aromatic N) is 1. The number of unbranched alkanes of at least 4 members (excludes halogenated alkanes) is 1. The minimum Gasteiger partial charge on any atom is -0.401 e. The Kier molecular flexibility index (Phi) is 7.72. The molecule has 0 amide bonds. The Morgan fingerprint density at radius 1 is 1.33 bits per heavy atom. The summed E-state index contributed by atoms with van der Waals surface area (Å²) < 4.78 is 0. The summed E-state index contributed by atoms with van der Waals surface area (Å²) in [5.74, 6) is 5.91. The largest absolute Gasteiger partial charge is 0.401 e. The van der Waals surface area contributed by atoms with E-state index in [1.807, 2.05) is 0 Å². The lowest BCUT2D eigenvalue weighted by atomic mass is 10.1. The highest BCUT2D eigenvalue weighted by Crippen LogP contribution is 2.03. The van der Waals surface area contributed by atoms with E-state index in [0.29, 0.717) is 6.42 Å². The normalized spacial score (nSPS) is 11.5. The first-order valence-corrected chi connectivity index (χ1v) is 5.53. The number of hydrogen-bond donors (Lipinski definition) is 2. The van der Waals surface area contributed by atoms with E-state index in [1.54, 1.807) is 18.1 Å². The monoisotopic (exact) mass is 213 g/mol. The van der Waals surface area contributed by atoms with Gasteiger partial charge in [0.25, 0.3) is 0 Å². The Morgan fingerprint density at radius 2 is 2.00 bits per heavy atom. The van der Waals surface area contributed by atoms with Gasteiger partial charge in [-0.25, -0.2) is 5.84 Å². The van der Waals surface area contributed by atoms with Crippen LogP contribution in [-0.4, -0.2) is 17.3 Å². The summed E-state index contributed by atoms with van der Waals surface area (Å²) in [5, 5.41) is 1.62. The van der Waals surface area contributed by atoms with Gasteiger partial charge in [0.2, 0.25) is 0 Å². The molecule has 0 saturated carbocycles. The van der Waals surface area contributed by atoms with Crippen LogP contribution in [0, 0.1) is 0 Å². The second-order valence-electron chi connectivity index (χ2n) is 3.85. The number of allylic oxidation sites excluding steroid dienone is 1. The molecule has 0 fully saturated rings. The summed E-state index contributed by atoms with van der Waals surface area (Å²) >= 11 is 0. The SMILES string of the molecule is CCCCN(N)/C=C(\N)CCCC(C)=O. The van der Waals surface area contributed by atoms with Crippen LogP contribution < -0.4 is 11.6 Å². The lowest BCUT2D eigenvalue weighted by Gasteiger charge is -2.14. The average Bonchev–Trinajstić information content (AvgIpc) is 2.14. The summed E-state index contributed by atoms with van der Waals surface area (Å²) in [6.45, 7) is 4.54. The van der Waals surface area contributed by atoms with Gasteiger partial charge in [0, 0.05) is 24.9 Å². The molecule has 0 aromatic carbocycles. The number of hydrogen-bond acceptors (Lipinski definition) is 4. The van der Waals surface area contributed by atoms with Gasteiger partial charge in [-0.3, -0.25) is 0 Å². The molecule has 4 nitrogen and oxygen atoms in total. The fourth-order valence-corrected chi connectivity index (χ4v) is 1.22. The van der Waals surface area contributed by atoms with Crippen molar-refractivity contribution in [3.05, 3.63) is 11.9 Å². The fraction of sp³-hybridized carbons (Fsp3) is 0.727. The van der Waals surface area contributed by atoms with Crippen molar-refractivity contribution in [1.82, 2.24) is 5.01 Å². The topological polar surface area (TPSA) is 72.3 Å². The zero-order valence-electron chi connectivity index (χ0n) is 9.83. The highest BCUT2D eigenvalue weighted by molar-refractivity contribution is 5.75. The molecule has 0 rings (SSSR count). The van der Waals surface area contributed by atoms with Crippen LogP contribution in [0.15, 0.2) is 11.9 Å². The number of carbonyl (C=O) groups excluding carboxylic acids is 1. The predicted molar refractivity (Wildman–Crippen MR) is 62.6 cm³/mol. The van der Waals surface area contributed by atoms with E-state index >= 15 is 0 Å². The second-order valence-corrected chi connectivity index (χ2v) is 3.85. The molecule has 0 aromatic rings. The zero-order valence-corrected chi connectivity index (χ0v) is 9.83. The van der Waals surface area contributed by atoms with Crippen molar-refractivity contribution in [2.75, 3.05) is 6.54 Å². The van der Waals surface area contributed by atoms with Crippen molar-refractivity contribution in [2.24, 2.45) is 11.6 Å². The van der Waals surface area contributed by atoms with Crippen LogP contribution >= 0.6 is 0 Å². The number of ketones is 1. The number of nitrogens with two attached hydrogens (primary N) is 2. The Morgan fingerprint density at radius 3 is 2.53 bits per heavy atom. The summed E-state index contributed by atoms with van der Waals surface area (Å²) in [4.78, 5) is 10.7. The molecular formula is C11H23N3O. The molecule has 0 saturated heterocycles. The molecule has 0 aliphatic heterocycles. The van der Waals surface area contributed by atoms with Crippen molar-refractivity contribution in [2.45, 2.75) is 46.0 Å². The molecule has 0 atom stereocenters. The minimum absolute atomic E-state index is 0.207. The van der Waals surface area contributed by atoms with E-state index in [2.05, 4.69) is 6.92 Å². The van der Waals surface area contributed by atoms with Crippen LogP contribution in [0.25, 0.3) is 0 Å². The summed E-state index contributed by atoms with van der Waals surface area (Å²) in [6, 6.07) is 0. The molecule has 0 spiro atoms. The van der Waals surface area contributed by atoms with Gasteiger partial charge < -0.3 is 15.5 Å². The van der Waals surface area contributed by atoms with Crippen molar-refractivity contribution in [3.8, 4) is 0 Å². The van der Waals surface area contributed by atoms with E-state index in [9.17, 15) is 4.79 Å². The third kappa shape index (κ3) is 9.28. The molecule has 0 heterocycles. The van der Waals surface area contributed by atoms with E-state index in [-0.39, 0.29) is 5.78 Å². The molecule has 0 radical (unpaired) electrons. The zero-order chi connectivity index (χ0) is 11.7. The maximum Gasteiger partial charge on any atom is 0.129 e. The van der Waals surface area contributed by atoms with Crippen LogP contribution in [0.4, 0.5) is 0 Å². The third-order valence-corrected chi connectivity index (χ3v) is 2.10. The molecule has 88 valence electrons.